The van der Waals surface area contributed by atoms with Crippen LogP contribution < -0.4 is 11.1 Å². The van der Waals surface area contributed by atoms with E-state index in [0.717, 1.165) is 30.8 Å². The molecule has 0 aliphatic rings. The first-order valence-electron chi connectivity index (χ1n) is 7.18. The molecule has 0 spiro atoms. The Kier molecular flexibility index (Phi) is 5.35. The van der Waals surface area contributed by atoms with Crippen LogP contribution >= 0.6 is 0 Å². The van der Waals surface area contributed by atoms with Crippen molar-refractivity contribution >= 4 is 11.8 Å². The van der Waals surface area contributed by atoms with Gasteiger partial charge in [-0.15, -0.1) is 0 Å². The van der Waals surface area contributed by atoms with Crippen molar-refractivity contribution in [3.63, 3.8) is 0 Å². The van der Waals surface area contributed by atoms with Crippen LogP contribution in [0.15, 0.2) is 36.5 Å². The van der Waals surface area contributed by atoms with E-state index < -0.39 is 0 Å². The monoisotopic (exact) mass is 270 g/mol. The van der Waals surface area contributed by atoms with Crippen molar-refractivity contribution in [1.82, 2.24) is 9.97 Å². The molecule has 2 aromatic rings. The van der Waals surface area contributed by atoms with Gasteiger partial charge in [0.25, 0.3) is 0 Å². The van der Waals surface area contributed by atoms with Crippen LogP contribution in [-0.2, 0) is 6.42 Å². The average molecular weight is 270 g/mol. The predicted octanol–water partition coefficient (Wildman–Crippen LogP) is 3.25. The lowest BCUT2D eigenvalue weighted by Gasteiger charge is -2.11. The summed E-state index contributed by atoms with van der Waals surface area (Å²) in [5, 5.41) is 3.38. The second-order valence-corrected chi connectivity index (χ2v) is 4.90. The number of hydrogen-bond acceptors (Lipinski definition) is 4. The van der Waals surface area contributed by atoms with Crippen molar-refractivity contribution < 1.29 is 0 Å². The van der Waals surface area contributed by atoms with Crippen molar-refractivity contribution in [3.8, 4) is 0 Å². The highest BCUT2D eigenvalue weighted by atomic mass is 15.1. The number of nitrogen functional groups attached to an aromatic ring is 1. The van der Waals surface area contributed by atoms with Crippen molar-refractivity contribution in [1.29, 1.82) is 0 Å². The SMILES string of the molecule is CCCCCNc1nc(N)ncc1Cc1ccccc1. The largest absolute Gasteiger partial charge is 0.370 e. The summed E-state index contributed by atoms with van der Waals surface area (Å²) in [5.41, 5.74) is 8.02. The molecule has 0 aliphatic carbocycles. The minimum absolute atomic E-state index is 0.319. The summed E-state index contributed by atoms with van der Waals surface area (Å²) in [6, 6.07) is 10.3. The number of hydrogen-bond donors (Lipinski definition) is 2. The highest BCUT2D eigenvalue weighted by Crippen LogP contribution is 2.17. The third kappa shape index (κ3) is 4.23. The molecule has 0 fully saturated rings. The second-order valence-electron chi connectivity index (χ2n) is 4.90. The fourth-order valence-corrected chi connectivity index (χ4v) is 2.10. The van der Waals surface area contributed by atoms with Crippen molar-refractivity contribution in [2.45, 2.75) is 32.6 Å². The van der Waals surface area contributed by atoms with Crippen molar-refractivity contribution in [3.05, 3.63) is 47.7 Å². The van der Waals surface area contributed by atoms with Gasteiger partial charge in [0.2, 0.25) is 5.95 Å². The zero-order valence-corrected chi connectivity index (χ0v) is 12.0. The minimum atomic E-state index is 0.319. The molecule has 0 saturated carbocycles. The zero-order valence-electron chi connectivity index (χ0n) is 12.0. The fraction of sp³-hybridized carbons (Fsp3) is 0.375. The van der Waals surface area contributed by atoms with E-state index in [1.165, 1.54) is 18.4 Å². The number of nitrogens with one attached hydrogen (secondary N) is 1. The van der Waals surface area contributed by atoms with Gasteiger partial charge in [-0.2, -0.15) is 4.98 Å². The Morgan fingerprint density at radius 2 is 1.95 bits per heavy atom. The quantitative estimate of drug-likeness (QED) is 0.758. The smallest absolute Gasteiger partial charge is 0.221 e. The third-order valence-electron chi connectivity index (χ3n) is 3.19. The van der Waals surface area contributed by atoms with Gasteiger partial charge >= 0.3 is 0 Å². The average Bonchev–Trinajstić information content (AvgIpc) is 2.47. The molecule has 0 unspecified atom stereocenters. The van der Waals surface area contributed by atoms with Crippen molar-refractivity contribution in [2.75, 3.05) is 17.6 Å². The lowest BCUT2D eigenvalue weighted by molar-refractivity contribution is 0.741. The van der Waals surface area contributed by atoms with E-state index in [4.69, 9.17) is 5.73 Å². The molecule has 0 atom stereocenters. The number of unbranched alkanes of at least 4 members (excludes halogenated alkanes) is 2. The molecule has 3 N–H and O–H groups in total. The molecule has 0 radical (unpaired) electrons. The van der Waals surface area contributed by atoms with Crippen LogP contribution in [0, 0.1) is 0 Å². The normalized spacial score (nSPS) is 10.4. The summed E-state index contributed by atoms with van der Waals surface area (Å²) in [6.07, 6.45) is 6.21. The van der Waals surface area contributed by atoms with E-state index in [2.05, 4.69) is 34.3 Å². The number of nitrogens with zero attached hydrogens (tertiary/aromatic N) is 2. The molecule has 0 amide bonds. The van der Waals surface area contributed by atoms with Crippen LogP contribution in [-0.4, -0.2) is 16.5 Å². The number of rotatable bonds is 7. The highest BCUT2D eigenvalue weighted by molar-refractivity contribution is 5.48. The lowest BCUT2D eigenvalue weighted by atomic mass is 10.1. The molecule has 1 aromatic carbocycles. The van der Waals surface area contributed by atoms with Crippen LogP contribution in [0.5, 0.6) is 0 Å². The van der Waals surface area contributed by atoms with Crippen LogP contribution in [0.3, 0.4) is 0 Å². The maximum absolute atomic E-state index is 5.69. The van der Waals surface area contributed by atoms with Gasteiger partial charge in [-0.1, -0.05) is 50.1 Å². The molecule has 1 aromatic heterocycles. The molecule has 1 heterocycles. The maximum atomic E-state index is 5.69. The summed E-state index contributed by atoms with van der Waals surface area (Å²) in [5.74, 6) is 1.18. The first kappa shape index (κ1) is 14.3. The van der Waals surface area contributed by atoms with E-state index in [1.54, 1.807) is 0 Å². The Morgan fingerprint density at radius 1 is 1.15 bits per heavy atom. The summed E-state index contributed by atoms with van der Waals surface area (Å²) in [6.45, 7) is 3.12. The van der Waals surface area contributed by atoms with Crippen LogP contribution in [0.25, 0.3) is 0 Å². The molecule has 4 nitrogen and oxygen atoms in total. The first-order valence-corrected chi connectivity index (χ1v) is 7.18. The van der Waals surface area contributed by atoms with E-state index in [-0.39, 0.29) is 0 Å². The molecule has 2 rings (SSSR count). The van der Waals surface area contributed by atoms with Crippen LogP contribution in [0.2, 0.25) is 0 Å². The third-order valence-corrected chi connectivity index (χ3v) is 3.19. The Balaban J connectivity index is 2.07. The molecule has 106 valence electrons. The zero-order chi connectivity index (χ0) is 14.2. The summed E-state index contributed by atoms with van der Waals surface area (Å²) in [7, 11) is 0. The summed E-state index contributed by atoms with van der Waals surface area (Å²) in [4.78, 5) is 8.43. The number of anilines is 2. The topological polar surface area (TPSA) is 63.8 Å². The molecule has 0 saturated heterocycles. The van der Waals surface area contributed by atoms with Crippen LogP contribution in [0.4, 0.5) is 11.8 Å². The summed E-state index contributed by atoms with van der Waals surface area (Å²) >= 11 is 0. The molecule has 20 heavy (non-hydrogen) atoms. The van der Waals surface area contributed by atoms with Gasteiger partial charge in [-0.25, -0.2) is 4.98 Å². The fourth-order valence-electron chi connectivity index (χ4n) is 2.10. The molecule has 4 heteroatoms. The van der Waals surface area contributed by atoms with Crippen molar-refractivity contribution in [2.24, 2.45) is 0 Å². The van der Waals surface area contributed by atoms with E-state index in [0.29, 0.717) is 5.95 Å². The van der Waals surface area contributed by atoms with Gasteiger partial charge in [0, 0.05) is 24.7 Å². The first-order chi connectivity index (χ1) is 9.79. The van der Waals surface area contributed by atoms with Gasteiger partial charge in [0.05, 0.1) is 0 Å². The van der Waals surface area contributed by atoms with E-state index in [1.807, 2.05) is 24.4 Å². The predicted molar refractivity (Wildman–Crippen MR) is 83.7 cm³/mol. The van der Waals surface area contributed by atoms with Crippen LogP contribution in [0.1, 0.15) is 37.3 Å². The Bertz CT molecular complexity index is 525. The molecule has 0 aliphatic heterocycles. The number of benzene rings is 1. The second kappa shape index (κ2) is 7.48. The van der Waals surface area contributed by atoms with Gasteiger partial charge in [0.1, 0.15) is 5.82 Å². The Hall–Kier alpha value is -2.10. The number of nitrogens with two attached hydrogens (primary N) is 1. The van der Waals surface area contributed by atoms with Gasteiger partial charge in [-0.3, -0.25) is 0 Å². The van der Waals surface area contributed by atoms with Gasteiger partial charge in [-0.05, 0) is 12.0 Å². The van der Waals surface area contributed by atoms with E-state index >= 15 is 0 Å². The molecule has 0 bridgehead atoms. The number of aromatic nitrogens is 2. The van der Waals surface area contributed by atoms with Gasteiger partial charge in [0.15, 0.2) is 0 Å². The highest BCUT2D eigenvalue weighted by Gasteiger charge is 2.06. The Morgan fingerprint density at radius 3 is 2.70 bits per heavy atom. The molecular formula is C16H22N4. The van der Waals surface area contributed by atoms with E-state index in [9.17, 15) is 0 Å². The molecular weight excluding hydrogens is 248 g/mol. The van der Waals surface area contributed by atoms with Gasteiger partial charge < -0.3 is 11.1 Å². The summed E-state index contributed by atoms with van der Waals surface area (Å²) < 4.78 is 0. The maximum Gasteiger partial charge on any atom is 0.221 e. The Labute approximate surface area is 120 Å². The minimum Gasteiger partial charge on any atom is -0.370 e. The standard InChI is InChI=1S/C16H22N4/c1-2-3-7-10-18-15-14(12-19-16(17)20-15)11-13-8-5-4-6-9-13/h4-6,8-9,12H,2-3,7,10-11H2,1H3,(H3,17,18,19,20). The lowest BCUT2D eigenvalue weighted by Crippen LogP contribution is -2.09.